The zero-order valence-corrected chi connectivity index (χ0v) is 11.3. The molecule has 0 amide bonds. The second kappa shape index (κ2) is 5.41. The zero-order valence-electron chi connectivity index (χ0n) is 10.4. The van der Waals surface area contributed by atoms with Crippen LogP contribution in [0, 0.1) is 0 Å². The lowest BCUT2D eigenvalue weighted by Gasteiger charge is -2.07. The number of hydrogen-bond donors (Lipinski definition) is 3. The number of sulfonamides is 1. The van der Waals surface area contributed by atoms with E-state index in [-0.39, 0.29) is 12.1 Å². The molecule has 2 aromatic rings. The molecule has 19 heavy (non-hydrogen) atoms. The number of benzene rings is 1. The van der Waals surface area contributed by atoms with Gasteiger partial charge in [0.05, 0.1) is 6.26 Å². The number of hydrogen-bond acceptors (Lipinski definition) is 4. The van der Waals surface area contributed by atoms with Crippen molar-refractivity contribution in [1.29, 1.82) is 0 Å². The van der Waals surface area contributed by atoms with E-state index in [0.29, 0.717) is 17.7 Å². The summed E-state index contributed by atoms with van der Waals surface area (Å²) in [5.74, 6) is 0.569. The number of aromatic amines is 1. The van der Waals surface area contributed by atoms with Crippen LogP contribution in [0.1, 0.15) is 0 Å². The molecular weight excluding hydrogens is 266 g/mol. The minimum absolute atomic E-state index is 0.170. The quantitative estimate of drug-likeness (QED) is 0.696. The van der Waals surface area contributed by atoms with Crippen molar-refractivity contribution in [3.8, 4) is 0 Å². The molecule has 0 saturated carbocycles. The van der Waals surface area contributed by atoms with E-state index in [1.165, 1.54) is 0 Å². The summed E-state index contributed by atoms with van der Waals surface area (Å²) in [6, 6.07) is 9.09. The first-order chi connectivity index (χ1) is 8.96. The maximum absolute atomic E-state index is 11.8. The molecule has 0 bridgehead atoms. The third-order valence-electron chi connectivity index (χ3n) is 2.56. The lowest BCUT2D eigenvalue weighted by atomic mass is 10.2. The maximum atomic E-state index is 11.8. The van der Waals surface area contributed by atoms with Crippen molar-refractivity contribution in [2.45, 2.75) is 0 Å². The van der Waals surface area contributed by atoms with Gasteiger partial charge >= 0.3 is 0 Å². The molecule has 7 heteroatoms. The van der Waals surface area contributed by atoms with Gasteiger partial charge in [0.1, 0.15) is 5.82 Å². The number of H-pyrrole nitrogens is 1. The van der Waals surface area contributed by atoms with Crippen LogP contribution in [0.5, 0.6) is 0 Å². The molecule has 0 aliphatic carbocycles. The van der Waals surface area contributed by atoms with Crippen molar-refractivity contribution in [3.05, 3.63) is 40.7 Å². The number of rotatable bonds is 5. The van der Waals surface area contributed by atoms with Gasteiger partial charge in [0.25, 0.3) is 5.56 Å². The van der Waals surface area contributed by atoms with E-state index in [4.69, 9.17) is 0 Å². The van der Waals surface area contributed by atoms with Gasteiger partial charge in [-0.2, -0.15) is 0 Å². The zero-order chi connectivity index (χ0) is 13.9. The Morgan fingerprint density at radius 1 is 1.21 bits per heavy atom. The Kier molecular flexibility index (Phi) is 3.87. The van der Waals surface area contributed by atoms with Crippen LogP contribution in [-0.4, -0.2) is 32.7 Å². The summed E-state index contributed by atoms with van der Waals surface area (Å²) in [5, 5.41) is 4.43. The molecular formula is C12H15N3O3S. The van der Waals surface area contributed by atoms with Crippen LogP contribution in [0.2, 0.25) is 0 Å². The molecule has 0 saturated heterocycles. The minimum Gasteiger partial charge on any atom is -0.370 e. The molecule has 0 atom stereocenters. The average Bonchev–Trinajstić information content (AvgIpc) is 2.34. The minimum atomic E-state index is -3.18. The highest BCUT2D eigenvalue weighted by Crippen LogP contribution is 2.12. The van der Waals surface area contributed by atoms with Crippen LogP contribution in [0.25, 0.3) is 10.8 Å². The number of nitrogens with one attached hydrogen (secondary N) is 3. The Balaban J connectivity index is 2.08. The van der Waals surface area contributed by atoms with Crippen LogP contribution < -0.4 is 15.6 Å². The summed E-state index contributed by atoms with van der Waals surface area (Å²) in [4.78, 5) is 14.5. The van der Waals surface area contributed by atoms with E-state index in [9.17, 15) is 13.2 Å². The second-order valence-electron chi connectivity index (χ2n) is 4.19. The van der Waals surface area contributed by atoms with Crippen molar-refractivity contribution >= 4 is 26.6 Å². The van der Waals surface area contributed by atoms with Crippen molar-refractivity contribution in [2.75, 3.05) is 24.7 Å². The number of aromatic nitrogens is 1. The molecule has 1 aromatic heterocycles. The van der Waals surface area contributed by atoms with Crippen LogP contribution in [-0.2, 0) is 10.0 Å². The summed E-state index contributed by atoms with van der Waals surface area (Å²) in [7, 11) is -3.18. The highest BCUT2D eigenvalue weighted by atomic mass is 32.2. The standard InChI is InChI=1S/C12H15N3O3S/c1-19(17,18)14-7-6-13-11-8-9-4-2-3-5-10(9)12(16)15-11/h2-5,8,14H,6-7H2,1H3,(H2,13,15,16). The molecule has 1 aromatic carbocycles. The molecule has 0 spiro atoms. The first-order valence-corrected chi connectivity index (χ1v) is 7.65. The smallest absolute Gasteiger partial charge is 0.257 e. The van der Waals surface area contributed by atoms with E-state index < -0.39 is 10.0 Å². The fourth-order valence-electron chi connectivity index (χ4n) is 1.74. The normalized spacial score (nSPS) is 11.6. The predicted molar refractivity (Wildman–Crippen MR) is 75.9 cm³/mol. The van der Waals surface area contributed by atoms with Crippen LogP contribution in [0.4, 0.5) is 5.82 Å². The Bertz CT molecular complexity index is 737. The second-order valence-corrected chi connectivity index (χ2v) is 6.03. The first-order valence-electron chi connectivity index (χ1n) is 5.76. The fourth-order valence-corrected chi connectivity index (χ4v) is 2.21. The third-order valence-corrected chi connectivity index (χ3v) is 3.29. The van der Waals surface area contributed by atoms with Gasteiger partial charge in [-0.15, -0.1) is 0 Å². The Morgan fingerprint density at radius 3 is 2.68 bits per heavy atom. The van der Waals surface area contributed by atoms with Gasteiger partial charge in [-0.3, -0.25) is 4.79 Å². The van der Waals surface area contributed by atoms with E-state index in [1.807, 2.05) is 18.2 Å². The topological polar surface area (TPSA) is 91.1 Å². The number of fused-ring (bicyclic) bond motifs is 1. The SMILES string of the molecule is CS(=O)(=O)NCCNc1cc2ccccc2c(=O)[nH]1. The summed E-state index contributed by atoms with van der Waals surface area (Å²) in [6.45, 7) is 0.648. The molecule has 3 N–H and O–H groups in total. The molecule has 0 fully saturated rings. The van der Waals surface area contributed by atoms with Gasteiger partial charge in [0, 0.05) is 18.5 Å². The van der Waals surface area contributed by atoms with Crippen molar-refractivity contribution < 1.29 is 8.42 Å². The van der Waals surface area contributed by atoms with Crippen molar-refractivity contribution in [3.63, 3.8) is 0 Å². The summed E-state index contributed by atoms with van der Waals surface area (Å²) < 4.78 is 24.1. The fraction of sp³-hybridized carbons (Fsp3) is 0.250. The van der Waals surface area contributed by atoms with Gasteiger partial charge in [-0.05, 0) is 17.5 Å². The highest BCUT2D eigenvalue weighted by molar-refractivity contribution is 7.88. The molecule has 6 nitrogen and oxygen atoms in total. The van der Waals surface area contributed by atoms with E-state index in [0.717, 1.165) is 11.6 Å². The molecule has 0 radical (unpaired) electrons. The lowest BCUT2D eigenvalue weighted by Crippen LogP contribution is -2.28. The molecule has 0 unspecified atom stereocenters. The summed E-state index contributed by atoms with van der Waals surface area (Å²) >= 11 is 0. The molecule has 0 aliphatic rings. The third kappa shape index (κ3) is 3.80. The Labute approximate surface area is 110 Å². The van der Waals surface area contributed by atoms with Gasteiger partial charge < -0.3 is 10.3 Å². The van der Waals surface area contributed by atoms with E-state index >= 15 is 0 Å². The van der Waals surface area contributed by atoms with Crippen LogP contribution >= 0.6 is 0 Å². The Hall–Kier alpha value is -1.86. The number of pyridine rings is 1. The van der Waals surface area contributed by atoms with E-state index in [1.54, 1.807) is 12.1 Å². The summed E-state index contributed by atoms with van der Waals surface area (Å²) in [5.41, 5.74) is -0.170. The van der Waals surface area contributed by atoms with Gasteiger partial charge in [-0.1, -0.05) is 18.2 Å². The largest absolute Gasteiger partial charge is 0.370 e. The van der Waals surface area contributed by atoms with Gasteiger partial charge in [0.15, 0.2) is 0 Å². The predicted octanol–water partition coefficient (Wildman–Crippen LogP) is 0.489. The van der Waals surface area contributed by atoms with Gasteiger partial charge in [-0.25, -0.2) is 13.1 Å². The monoisotopic (exact) mass is 281 g/mol. The van der Waals surface area contributed by atoms with Crippen LogP contribution in [0.3, 0.4) is 0 Å². The molecule has 0 aliphatic heterocycles. The van der Waals surface area contributed by atoms with Crippen molar-refractivity contribution in [2.24, 2.45) is 0 Å². The molecule has 1 heterocycles. The average molecular weight is 281 g/mol. The van der Waals surface area contributed by atoms with E-state index in [2.05, 4.69) is 15.0 Å². The van der Waals surface area contributed by atoms with Gasteiger partial charge in [0.2, 0.25) is 10.0 Å². The first kappa shape index (κ1) is 13.6. The molecule has 2 rings (SSSR count). The summed E-state index contributed by atoms with van der Waals surface area (Å²) in [6.07, 6.45) is 1.10. The molecule has 102 valence electrons. The van der Waals surface area contributed by atoms with Crippen LogP contribution in [0.15, 0.2) is 35.1 Å². The Morgan fingerprint density at radius 2 is 1.95 bits per heavy atom. The maximum Gasteiger partial charge on any atom is 0.257 e. The number of anilines is 1. The lowest BCUT2D eigenvalue weighted by molar-refractivity contribution is 0.589. The van der Waals surface area contributed by atoms with Crippen molar-refractivity contribution in [1.82, 2.24) is 9.71 Å². The highest BCUT2D eigenvalue weighted by Gasteiger charge is 2.02.